The first kappa shape index (κ1) is 9.51. The second kappa shape index (κ2) is 4.00. The first-order chi connectivity index (χ1) is 6.74. The largest absolute Gasteiger partial charge is 0.0775 e. The fourth-order valence-electron chi connectivity index (χ4n) is 2.14. The van der Waals surface area contributed by atoms with Gasteiger partial charge in [0.05, 0.1) is 0 Å². The molecule has 0 aromatic rings. The van der Waals surface area contributed by atoms with Crippen LogP contribution in [0.1, 0.15) is 39.5 Å². The molecule has 0 fully saturated rings. The van der Waals surface area contributed by atoms with E-state index in [0.29, 0.717) is 0 Å². The van der Waals surface area contributed by atoms with Gasteiger partial charge in [-0.05, 0) is 39.5 Å². The van der Waals surface area contributed by atoms with E-state index in [1.165, 1.54) is 36.8 Å². The standard InChI is InChI=1S/C14H18/c1-11-3-5-13(9-11)7-8-14-6-4-12(2)10-14/h3-5,10H,6-9H2,1-2H3. The molecule has 0 atom stereocenters. The quantitative estimate of drug-likeness (QED) is 0.615. The number of allylic oxidation sites excluding steroid dienone is 8. The Morgan fingerprint density at radius 3 is 2.43 bits per heavy atom. The Hall–Kier alpha value is -1.04. The lowest BCUT2D eigenvalue weighted by atomic mass is 10.0. The van der Waals surface area contributed by atoms with Crippen LogP contribution in [0.5, 0.6) is 0 Å². The van der Waals surface area contributed by atoms with E-state index >= 15 is 0 Å². The van der Waals surface area contributed by atoms with Crippen LogP contribution in [0.15, 0.2) is 46.6 Å². The second-order valence-electron chi connectivity index (χ2n) is 4.47. The van der Waals surface area contributed by atoms with Gasteiger partial charge in [0.1, 0.15) is 0 Å². The van der Waals surface area contributed by atoms with Crippen molar-refractivity contribution in [3.05, 3.63) is 46.6 Å². The van der Waals surface area contributed by atoms with Crippen LogP contribution in [0.4, 0.5) is 0 Å². The zero-order valence-corrected chi connectivity index (χ0v) is 9.14. The van der Waals surface area contributed by atoms with Crippen LogP contribution >= 0.6 is 0 Å². The van der Waals surface area contributed by atoms with Crippen molar-refractivity contribution in [3.63, 3.8) is 0 Å². The highest BCUT2D eigenvalue weighted by molar-refractivity contribution is 5.33. The predicted molar refractivity (Wildman–Crippen MR) is 62.1 cm³/mol. The van der Waals surface area contributed by atoms with Gasteiger partial charge in [-0.15, -0.1) is 0 Å². The molecule has 0 spiro atoms. The van der Waals surface area contributed by atoms with E-state index < -0.39 is 0 Å². The van der Waals surface area contributed by atoms with Gasteiger partial charge < -0.3 is 0 Å². The summed E-state index contributed by atoms with van der Waals surface area (Å²) in [4.78, 5) is 0. The molecule has 2 aliphatic rings. The second-order valence-corrected chi connectivity index (χ2v) is 4.47. The van der Waals surface area contributed by atoms with Crippen molar-refractivity contribution in [2.75, 3.05) is 0 Å². The molecular weight excluding hydrogens is 168 g/mol. The van der Waals surface area contributed by atoms with Gasteiger partial charge in [0.15, 0.2) is 0 Å². The first-order valence-electron chi connectivity index (χ1n) is 5.45. The molecule has 0 aromatic heterocycles. The molecular formula is C14H18. The third kappa shape index (κ3) is 2.25. The van der Waals surface area contributed by atoms with E-state index in [0.717, 1.165) is 0 Å². The Morgan fingerprint density at radius 2 is 1.86 bits per heavy atom. The zero-order chi connectivity index (χ0) is 9.97. The van der Waals surface area contributed by atoms with Gasteiger partial charge in [-0.1, -0.05) is 46.6 Å². The van der Waals surface area contributed by atoms with E-state index in [4.69, 9.17) is 0 Å². The summed E-state index contributed by atoms with van der Waals surface area (Å²) < 4.78 is 0. The minimum Gasteiger partial charge on any atom is -0.0775 e. The molecule has 14 heavy (non-hydrogen) atoms. The number of rotatable bonds is 3. The topological polar surface area (TPSA) is 0 Å². The lowest BCUT2D eigenvalue weighted by Gasteiger charge is -2.03. The van der Waals surface area contributed by atoms with Crippen molar-refractivity contribution in [2.24, 2.45) is 0 Å². The summed E-state index contributed by atoms with van der Waals surface area (Å²) in [7, 11) is 0. The summed E-state index contributed by atoms with van der Waals surface area (Å²) in [6.07, 6.45) is 14.1. The fourth-order valence-corrected chi connectivity index (χ4v) is 2.14. The van der Waals surface area contributed by atoms with Gasteiger partial charge in [-0.2, -0.15) is 0 Å². The SMILES string of the molecule is CC1=CCC(CCC2=CC=C(C)C2)=C1. The minimum absolute atomic E-state index is 1.19. The monoisotopic (exact) mass is 186 g/mol. The molecule has 0 amide bonds. The van der Waals surface area contributed by atoms with E-state index in [1.54, 1.807) is 11.1 Å². The Kier molecular flexibility index (Phi) is 2.72. The zero-order valence-electron chi connectivity index (χ0n) is 9.14. The maximum absolute atomic E-state index is 2.34. The van der Waals surface area contributed by atoms with E-state index in [1.807, 2.05) is 0 Å². The molecule has 0 N–H and O–H groups in total. The van der Waals surface area contributed by atoms with Gasteiger partial charge in [0.2, 0.25) is 0 Å². The maximum atomic E-state index is 2.34. The average molecular weight is 186 g/mol. The van der Waals surface area contributed by atoms with Crippen molar-refractivity contribution >= 4 is 0 Å². The van der Waals surface area contributed by atoms with Crippen LogP contribution in [0.2, 0.25) is 0 Å². The highest BCUT2D eigenvalue weighted by Gasteiger charge is 2.07. The van der Waals surface area contributed by atoms with Gasteiger partial charge in [-0.3, -0.25) is 0 Å². The van der Waals surface area contributed by atoms with Crippen molar-refractivity contribution in [3.8, 4) is 0 Å². The van der Waals surface area contributed by atoms with Crippen LogP contribution in [-0.2, 0) is 0 Å². The number of hydrogen-bond donors (Lipinski definition) is 0. The molecule has 0 nitrogen and oxygen atoms in total. The maximum Gasteiger partial charge on any atom is -0.0105 e. The first-order valence-corrected chi connectivity index (χ1v) is 5.45. The summed E-state index contributed by atoms with van der Waals surface area (Å²) in [5.74, 6) is 0. The lowest BCUT2D eigenvalue weighted by Crippen LogP contribution is -1.84. The summed E-state index contributed by atoms with van der Waals surface area (Å²) in [6.45, 7) is 4.40. The predicted octanol–water partition coefficient (Wildman–Crippen LogP) is 4.32. The highest BCUT2D eigenvalue weighted by atomic mass is 14.1. The fraction of sp³-hybridized carbons (Fsp3) is 0.429. The normalized spacial score (nSPS) is 20.4. The molecule has 0 radical (unpaired) electrons. The van der Waals surface area contributed by atoms with Crippen molar-refractivity contribution in [2.45, 2.75) is 39.5 Å². The Labute approximate surface area is 86.7 Å². The highest BCUT2D eigenvalue weighted by Crippen LogP contribution is 2.27. The van der Waals surface area contributed by atoms with Gasteiger partial charge in [0, 0.05) is 0 Å². The molecule has 0 heteroatoms. The molecule has 0 heterocycles. The summed E-state index contributed by atoms with van der Waals surface area (Å²) in [5, 5.41) is 0. The van der Waals surface area contributed by atoms with Crippen LogP contribution in [0.3, 0.4) is 0 Å². The molecule has 2 aliphatic carbocycles. The lowest BCUT2D eigenvalue weighted by molar-refractivity contribution is 0.879. The molecule has 0 bridgehead atoms. The molecule has 0 saturated carbocycles. The van der Waals surface area contributed by atoms with Crippen LogP contribution in [0, 0.1) is 0 Å². The van der Waals surface area contributed by atoms with Gasteiger partial charge in [-0.25, -0.2) is 0 Å². The smallest absolute Gasteiger partial charge is 0.0105 e. The summed E-state index contributed by atoms with van der Waals surface area (Å²) in [6, 6.07) is 0. The molecule has 0 unspecified atom stereocenters. The molecule has 0 aromatic carbocycles. The molecule has 0 aliphatic heterocycles. The Balaban J connectivity index is 1.77. The van der Waals surface area contributed by atoms with Gasteiger partial charge >= 0.3 is 0 Å². The molecule has 2 rings (SSSR count). The summed E-state index contributed by atoms with van der Waals surface area (Å²) >= 11 is 0. The van der Waals surface area contributed by atoms with Crippen molar-refractivity contribution in [1.29, 1.82) is 0 Å². The summed E-state index contributed by atoms with van der Waals surface area (Å²) in [5.41, 5.74) is 6.16. The van der Waals surface area contributed by atoms with Crippen molar-refractivity contribution < 1.29 is 0 Å². The third-order valence-corrected chi connectivity index (χ3v) is 2.99. The van der Waals surface area contributed by atoms with Crippen LogP contribution in [-0.4, -0.2) is 0 Å². The van der Waals surface area contributed by atoms with Gasteiger partial charge in [0.25, 0.3) is 0 Å². The number of hydrogen-bond acceptors (Lipinski definition) is 0. The Morgan fingerprint density at radius 1 is 1.07 bits per heavy atom. The van der Waals surface area contributed by atoms with E-state index in [2.05, 4.69) is 38.2 Å². The Bertz CT molecular complexity index is 348. The average Bonchev–Trinajstić information content (AvgIpc) is 2.72. The minimum atomic E-state index is 1.19. The van der Waals surface area contributed by atoms with E-state index in [9.17, 15) is 0 Å². The van der Waals surface area contributed by atoms with Crippen LogP contribution in [0.25, 0.3) is 0 Å². The molecule has 74 valence electrons. The van der Waals surface area contributed by atoms with E-state index in [-0.39, 0.29) is 0 Å². The third-order valence-electron chi connectivity index (χ3n) is 2.99. The van der Waals surface area contributed by atoms with Crippen molar-refractivity contribution in [1.82, 2.24) is 0 Å². The van der Waals surface area contributed by atoms with Crippen LogP contribution < -0.4 is 0 Å². The molecule has 0 saturated heterocycles.